The molecule has 12 heteroatoms. The number of fused-ring (bicyclic) bond motifs is 1. The van der Waals surface area contributed by atoms with Gasteiger partial charge in [0.25, 0.3) is 11.8 Å². The first-order valence-electron chi connectivity index (χ1n) is 13.6. The second-order valence-electron chi connectivity index (χ2n) is 11.3. The number of benzene rings is 2. The smallest absolute Gasteiger partial charge is 0.387 e. The molecule has 0 radical (unpaired) electrons. The maximum atomic E-state index is 13.3. The Morgan fingerprint density at radius 1 is 1.00 bits per heavy atom. The molecular formula is C30H34F2N7O3+. The zero-order chi connectivity index (χ0) is 30.0. The Bertz CT molecular complexity index is 1590. The largest absolute Gasteiger partial charge is 0.435 e. The molecule has 3 heterocycles. The highest BCUT2D eigenvalue weighted by molar-refractivity contribution is 5.96. The molecule has 1 aliphatic heterocycles. The summed E-state index contributed by atoms with van der Waals surface area (Å²) in [5.74, 6) is 0.652. The van der Waals surface area contributed by atoms with Gasteiger partial charge in [-0.3, -0.25) is 14.0 Å². The lowest BCUT2D eigenvalue weighted by Crippen LogP contribution is -2.54. The number of carbonyl (C=O) groups is 2. The van der Waals surface area contributed by atoms with Gasteiger partial charge < -0.3 is 24.3 Å². The number of halogens is 2. The van der Waals surface area contributed by atoms with Crippen molar-refractivity contribution < 1.29 is 27.6 Å². The van der Waals surface area contributed by atoms with Gasteiger partial charge >= 0.3 is 6.61 Å². The number of nitrogens with one attached hydrogen (secondary N) is 1. The molecule has 220 valence electrons. The molecule has 0 atom stereocenters. The van der Waals surface area contributed by atoms with Crippen LogP contribution in [0.2, 0.25) is 0 Å². The van der Waals surface area contributed by atoms with Crippen molar-refractivity contribution >= 4 is 29.0 Å². The predicted molar refractivity (Wildman–Crippen MR) is 155 cm³/mol. The zero-order valence-corrected chi connectivity index (χ0v) is 24.1. The second-order valence-corrected chi connectivity index (χ2v) is 11.3. The van der Waals surface area contributed by atoms with E-state index in [0.717, 1.165) is 22.5 Å². The minimum atomic E-state index is -2.88. The molecule has 1 fully saturated rings. The Morgan fingerprint density at radius 3 is 2.33 bits per heavy atom. The molecule has 2 amide bonds. The number of likely N-dealkylation sites (N-methyl/N-ethyl adjacent to an activating group) is 1. The van der Waals surface area contributed by atoms with Crippen molar-refractivity contribution in [3.63, 3.8) is 0 Å². The van der Waals surface area contributed by atoms with Crippen LogP contribution in [0.1, 0.15) is 15.9 Å². The molecule has 0 bridgehead atoms. The van der Waals surface area contributed by atoms with Gasteiger partial charge in [0, 0.05) is 55.4 Å². The summed E-state index contributed by atoms with van der Waals surface area (Å²) in [4.78, 5) is 38.5. The monoisotopic (exact) mass is 578 g/mol. The normalized spacial score (nSPS) is 14.0. The first-order valence-corrected chi connectivity index (χ1v) is 13.6. The Kier molecular flexibility index (Phi) is 8.08. The number of aryl methyl sites for hydroxylation is 1. The number of alkyl halides is 2. The van der Waals surface area contributed by atoms with Crippen molar-refractivity contribution in [1.82, 2.24) is 24.2 Å². The van der Waals surface area contributed by atoms with Crippen LogP contribution < -0.4 is 10.1 Å². The molecule has 42 heavy (non-hydrogen) atoms. The molecule has 2 aromatic heterocycles. The maximum absolute atomic E-state index is 13.3. The summed E-state index contributed by atoms with van der Waals surface area (Å²) in [7, 11) is 5.96. The van der Waals surface area contributed by atoms with Gasteiger partial charge in [-0.25, -0.2) is 9.97 Å². The van der Waals surface area contributed by atoms with Crippen LogP contribution in [0.15, 0.2) is 61.1 Å². The molecule has 5 rings (SSSR count). The number of imidazole rings is 1. The van der Waals surface area contributed by atoms with Crippen LogP contribution in [0.4, 0.5) is 20.3 Å². The highest BCUT2D eigenvalue weighted by Gasteiger charge is 2.28. The summed E-state index contributed by atoms with van der Waals surface area (Å²) in [6, 6.07) is 11.9. The number of carbonyl (C=O) groups excluding carboxylic acids is 2. The van der Waals surface area contributed by atoms with E-state index in [2.05, 4.69) is 20.0 Å². The summed E-state index contributed by atoms with van der Waals surface area (Å²) in [6.45, 7) is 1.48. The predicted octanol–water partition coefficient (Wildman–Crippen LogP) is 4.04. The fourth-order valence-corrected chi connectivity index (χ4v) is 4.98. The van der Waals surface area contributed by atoms with Gasteiger partial charge in [0.2, 0.25) is 0 Å². The van der Waals surface area contributed by atoms with Crippen molar-refractivity contribution in [2.24, 2.45) is 0 Å². The summed E-state index contributed by atoms with van der Waals surface area (Å²) < 4.78 is 31.9. The fraction of sp³-hybridized carbons (Fsp3) is 0.333. The molecule has 0 aliphatic carbocycles. The molecule has 0 saturated carbocycles. The Labute approximate surface area is 242 Å². The van der Waals surface area contributed by atoms with Gasteiger partial charge in [-0.1, -0.05) is 0 Å². The number of ether oxygens (including phenoxy) is 1. The van der Waals surface area contributed by atoms with E-state index in [-0.39, 0.29) is 17.6 Å². The Hall–Kier alpha value is -4.58. The number of aromatic nitrogens is 3. The van der Waals surface area contributed by atoms with Crippen LogP contribution in [0.3, 0.4) is 0 Å². The summed E-state index contributed by atoms with van der Waals surface area (Å²) >= 11 is 0. The van der Waals surface area contributed by atoms with Crippen LogP contribution in [0.5, 0.6) is 5.75 Å². The van der Waals surface area contributed by atoms with Crippen LogP contribution in [-0.4, -0.2) is 101 Å². The van der Waals surface area contributed by atoms with Crippen LogP contribution >= 0.6 is 0 Å². The quantitative estimate of drug-likeness (QED) is 0.318. The lowest BCUT2D eigenvalue weighted by molar-refractivity contribution is -0.862. The maximum Gasteiger partial charge on any atom is 0.387 e. The topological polar surface area (TPSA) is 92.1 Å². The van der Waals surface area contributed by atoms with Crippen molar-refractivity contribution in [3.8, 4) is 17.0 Å². The highest BCUT2D eigenvalue weighted by atomic mass is 19.3. The highest BCUT2D eigenvalue weighted by Crippen LogP contribution is 2.28. The molecular weight excluding hydrogens is 544 g/mol. The van der Waals surface area contributed by atoms with Gasteiger partial charge in [-0.15, -0.1) is 0 Å². The van der Waals surface area contributed by atoms with E-state index in [9.17, 15) is 18.4 Å². The molecule has 1 saturated heterocycles. The third-order valence-corrected chi connectivity index (χ3v) is 7.05. The van der Waals surface area contributed by atoms with E-state index in [4.69, 9.17) is 0 Å². The number of hydrogen-bond donors (Lipinski definition) is 1. The van der Waals surface area contributed by atoms with Gasteiger partial charge in [0.15, 0.2) is 18.0 Å². The average Bonchev–Trinajstić information content (AvgIpc) is 3.37. The third-order valence-electron chi connectivity index (χ3n) is 7.05. The number of piperazine rings is 1. The molecule has 4 aromatic rings. The molecule has 0 unspecified atom stereocenters. The number of anilines is 2. The van der Waals surface area contributed by atoms with Crippen LogP contribution in [-0.2, 0) is 4.79 Å². The second kappa shape index (κ2) is 11.7. The van der Waals surface area contributed by atoms with Crippen LogP contribution in [0.25, 0.3) is 16.9 Å². The Balaban J connectivity index is 1.27. The summed E-state index contributed by atoms with van der Waals surface area (Å²) in [6.07, 6.45) is 5.10. The van der Waals surface area contributed by atoms with Gasteiger partial charge in [0.05, 0.1) is 33.0 Å². The van der Waals surface area contributed by atoms with Crippen molar-refractivity contribution in [3.05, 3.63) is 72.2 Å². The van der Waals surface area contributed by atoms with Gasteiger partial charge in [-0.05, 0) is 55.0 Å². The molecule has 0 spiro atoms. The standard InChI is InChI=1S/C30H33F2N7O3/c1-20-17-22(7-10-24(20)29(41)37-15-13-36(14-16-37)26(40)19-39(2,3)4)35-27-28-34-18-25(38(28)12-11-33-27)21-5-8-23(9-6-21)42-30(31)32/h5-12,17-18,30H,13-16,19H2,1-4H3/p+1. The lowest BCUT2D eigenvalue weighted by atomic mass is 10.1. The summed E-state index contributed by atoms with van der Waals surface area (Å²) in [5, 5.41) is 3.30. The van der Waals surface area contributed by atoms with E-state index in [1.165, 1.54) is 12.1 Å². The minimum absolute atomic E-state index is 0.0548. The number of amides is 2. The van der Waals surface area contributed by atoms with E-state index in [0.29, 0.717) is 54.2 Å². The molecule has 10 nitrogen and oxygen atoms in total. The first kappa shape index (κ1) is 28.9. The van der Waals surface area contributed by atoms with Crippen molar-refractivity contribution in [2.45, 2.75) is 13.5 Å². The number of rotatable bonds is 8. The van der Waals surface area contributed by atoms with Gasteiger partial charge in [-0.2, -0.15) is 8.78 Å². The lowest BCUT2D eigenvalue weighted by Gasteiger charge is -2.36. The fourth-order valence-electron chi connectivity index (χ4n) is 4.98. The molecule has 1 N–H and O–H groups in total. The number of nitrogens with zero attached hydrogens (tertiary/aromatic N) is 6. The average molecular weight is 579 g/mol. The molecule has 1 aliphatic rings. The number of hydrogen-bond acceptors (Lipinski definition) is 6. The minimum Gasteiger partial charge on any atom is -0.435 e. The summed E-state index contributed by atoms with van der Waals surface area (Å²) in [5.41, 5.74) is 4.29. The van der Waals surface area contributed by atoms with E-state index < -0.39 is 6.61 Å². The van der Waals surface area contributed by atoms with Crippen molar-refractivity contribution in [1.29, 1.82) is 0 Å². The third kappa shape index (κ3) is 6.49. The van der Waals surface area contributed by atoms with Crippen molar-refractivity contribution in [2.75, 3.05) is 59.2 Å². The van der Waals surface area contributed by atoms with E-state index in [1.807, 2.05) is 49.5 Å². The van der Waals surface area contributed by atoms with E-state index >= 15 is 0 Å². The Morgan fingerprint density at radius 2 is 1.69 bits per heavy atom. The number of quaternary nitrogens is 1. The van der Waals surface area contributed by atoms with E-state index in [1.54, 1.807) is 41.7 Å². The molecule has 2 aromatic carbocycles. The van der Waals surface area contributed by atoms with Gasteiger partial charge in [0.1, 0.15) is 5.75 Å². The van der Waals surface area contributed by atoms with Crippen LogP contribution in [0, 0.1) is 6.92 Å². The SMILES string of the molecule is Cc1cc(Nc2nccn3c(-c4ccc(OC(F)F)cc4)cnc23)ccc1C(=O)N1CCN(C(=O)C[N+](C)(C)C)CC1. The first-order chi connectivity index (χ1) is 20.0. The zero-order valence-electron chi connectivity index (χ0n) is 24.1.